The van der Waals surface area contributed by atoms with E-state index in [0.29, 0.717) is 5.69 Å². The van der Waals surface area contributed by atoms with Crippen LogP contribution in [0.1, 0.15) is 24.5 Å². The van der Waals surface area contributed by atoms with E-state index in [9.17, 15) is 18.0 Å². The van der Waals surface area contributed by atoms with Gasteiger partial charge in [-0.3, -0.25) is 18.9 Å². The number of amides is 1. The average molecular weight is 434 g/mol. The quantitative estimate of drug-likeness (QED) is 0.533. The molecule has 1 heterocycles. The summed E-state index contributed by atoms with van der Waals surface area (Å²) in [7, 11) is -3.70. The van der Waals surface area contributed by atoms with Gasteiger partial charge in [0.1, 0.15) is 6.54 Å². The van der Waals surface area contributed by atoms with Crippen molar-refractivity contribution in [3.8, 4) is 0 Å². The van der Waals surface area contributed by atoms with E-state index in [4.69, 9.17) is 4.74 Å². The molecule has 0 aliphatic heterocycles. The first-order valence-corrected chi connectivity index (χ1v) is 11.4. The number of ether oxygens (including phenoxy) is 1. The zero-order valence-corrected chi connectivity index (χ0v) is 18.3. The molecule has 0 bridgehead atoms. The van der Waals surface area contributed by atoms with Crippen molar-refractivity contribution in [2.24, 2.45) is 0 Å². The van der Waals surface area contributed by atoms with Crippen LogP contribution in [0.25, 0.3) is 0 Å². The van der Waals surface area contributed by atoms with Crippen molar-refractivity contribution in [1.29, 1.82) is 0 Å². The van der Waals surface area contributed by atoms with Crippen LogP contribution in [0.3, 0.4) is 0 Å². The van der Waals surface area contributed by atoms with Gasteiger partial charge < -0.3 is 9.64 Å². The largest absolute Gasteiger partial charge is 0.466 e. The molecule has 0 saturated carbocycles. The number of pyridine rings is 1. The number of nitrogens with zero attached hydrogens (tertiary/aromatic N) is 3. The van der Waals surface area contributed by atoms with Gasteiger partial charge in [0.15, 0.2) is 0 Å². The van der Waals surface area contributed by atoms with Crippen molar-refractivity contribution in [3.05, 3.63) is 59.9 Å². The van der Waals surface area contributed by atoms with Gasteiger partial charge in [-0.1, -0.05) is 24.3 Å². The molecule has 0 radical (unpaired) electrons. The number of carbonyl (C=O) groups is 2. The van der Waals surface area contributed by atoms with Crippen LogP contribution in [0.15, 0.2) is 48.8 Å². The molecule has 2 aromatic rings. The van der Waals surface area contributed by atoms with E-state index in [0.717, 1.165) is 21.7 Å². The summed E-state index contributed by atoms with van der Waals surface area (Å²) in [5, 5.41) is 0. The predicted octanol–water partition coefficient (Wildman–Crippen LogP) is 2.14. The number of carbonyl (C=O) groups excluding carboxylic acids is 2. The summed E-state index contributed by atoms with van der Waals surface area (Å²) in [6.45, 7) is 3.70. The van der Waals surface area contributed by atoms with Crippen molar-refractivity contribution in [2.45, 2.75) is 26.8 Å². The fourth-order valence-electron chi connectivity index (χ4n) is 2.91. The maximum absolute atomic E-state index is 13.1. The minimum atomic E-state index is -3.70. The number of esters is 1. The van der Waals surface area contributed by atoms with Crippen LogP contribution in [-0.4, -0.2) is 56.1 Å². The Labute approximate surface area is 177 Å². The second-order valence-electron chi connectivity index (χ2n) is 6.79. The van der Waals surface area contributed by atoms with E-state index in [1.54, 1.807) is 56.6 Å². The van der Waals surface area contributed by atoms with Crippen LogP contribution < -0.4 is 4.31 Å². The third-order valence-electron chi connectivity index (χ3n) is 4.40. The molecule has 0 atom stereocenters. The minimum Gasteiger partial charge on any atom is -0.466 e. The van der Waals surface area contributed by atoms with Gasteiger partial charge in [0.25, 0.3) is 0 Å². The first kappa shape index (κ1) is 23.3. The highest BCUT2D eigenvalue weighted by Gasteiger charge is 2.25. The highest BCUT2D eigenvalue weighted by atomic mass is 32.2. The molecular weight excluding hydrogens is 406 g/mol. The fraction of sp³-hybridized carbons (Fsp3) is 0.381. The van der Waals surface area contributed by atoms with E-state index >= 15 is 0 Å². The molecule has 0 spiro atoms. The topological polar surface area (TPSA) is 96.9 Å². The van der Waals surface area contributed by atoms with Crippen LogP contribution in [-0.2, 0) is 30.9 Å². The third kappa shape index (κ3) is 6.84. The normalized spacial score (nSPS) is 11.0. The molecule has 0 unspecified atom stereocenters. The lowest BCUT2D eigenvalue weighted by Crippen LogP contribution is -2.43. The molecule has 0 saturated heterocycles. The highest BCUT2D eigenvalue weighted by Crippen LogP contribution is 2.22. The Balaban J connectivity index is 2.25. The third-order valence-corrected chi connectivity index (χ3v) is 5.53. The Kier molecular flexibility index (Phi) is 8.35. The van der Waals surface area contributed by atoms with Crippen LogP contribution >= 0.6 is 0 Å². The van der Waals surface area contributed by atoms with Crippen LogP contribution in [0.2, 0.25) is 0 Å². The molecular formula is C21H27N3O5S. The molecule has 0 aliphatic rings. The number of benzene rings is 1. The summed E-state index contributed by atoms with van der Waals surface area (Å²) < 4.78 is 30.9. The number of aryl methyl sites for hydroxylation is 1. The van der Waals surface area contributed by atoms with E-state index in [1.807, 2.05) is 6.07 Å². The summed E-state index contributed by atoms with van der Waals surface area (Å²) in [5.41, 5.74) is 1.96. The van der Waals surface area contributed by atoms with Crippen molar-refractivity contribution in [1.82, 2.24) is 9.88 Å². The van der Waals surface area contributed by atoms with Gasteiger partial charge in [-0.05, 0) is 37.1 Å². The molecule has 8 nitrogen and oxygen atoms in total. The summed E-state index contributed by atoms with van der Waals surface area (Å²) >= 11 is 0. The van der Waals surface area contributed by atoms with Crippen LogP contribution in [0, 0.1) is 6.92 Å². The number of hydrogen-bond acceptors (Lipinski definition) is 6. The minimum absolute atomic E-state index is 0.0169. The van der Waals surface area contributed by atoms with Crippen LogP contribution in [0.5, 0.6) is 0 Å². The van der Waals surface area contributed by atoms with E-state index in [2.05, 4.69) is 4.98 Å². The zero-order valence-electron chi connectivity index (χ0n) is 17.4. The van der Waals surface area contributed by atoms with Gasteiger partial charge in [-0.2, -0.15) is 0 Å². The van der Waals surface area contributed by atoms with Crippen molar-refractivity contribution in [2.75, 3.05) is 30.3 Å². The zero-order chi connectivity index (χ0) is 22.1. The van der Waals surface area contributed by atoms with Gasteiger partial charge >= 0.3 is 5.97 Å². The Morgan fingerprint density at radius 1 is 1.13 bits per heavy atom. The molecule has 1 amide bonds. The first-order chi connectivity index (χ1) is 14.2. The summed E-state index contributed by atoms with van der Waals surface area (Å²) in [6, 6.07) is 10.5. The Bertz CT molecular complexity index is 964. The summed E-state index contributed by atoms with van der Waals surface area (Å²) in [4.78, 5) is 30.4. The first-order valence-electron chi connectivity index (χ1n) is 9.58. The number of aromatic nitrogens is 1. The smallest absolute Gasteiger partial charge is 0.307 e. The Morgan fingerprint density at radius 2 is 1.87 bits per heavy atom. The van der Waals surface area contributed by atoms with Crippen LogP contribution in [0.4, 0.5) is 5.69 Å². The molecule has 1 aromatic heterocycles. The molecule has 2 rings (SSSR count). The Morgan fingerprint density at radius 3 is 2.47 bits per heavy atom. The molecule has 0 N–H and O–H groups in total. The summed E-state index contributed by atoms with van der Waals surface area (Å²) in [6.07, 6.45) is 4.33. The molecule has 0 fully saturated rings. The van der Waals surface area contributed by atoms with Gasteiger partial charge in [-0.15, -0.1) is 0 Å². The van der Waals surface area contributed by atoms with Gasteiger partial charge in [0, 0.05) is 25.5 Å². The lowest BCUT2D eigenvalue weighted by atomic mass is 10.2. The van der Waals surface area contributed by atoms with Gasteiger partial charge in [0.2, 0.25) is 15.9 Å². The van der Waals surface area contributed by atoms with E-state index in [1.165, 1.54) is 4.90 Å². The van der Waals surface area contributed by atoms with E-state index in [-0.39, 0.29) is 32.7 Å². The fourth-order valence-corrected chi connectivity index (χ4v) is 3.82. The Hall–Kier alpha value is -2.94. The summed E-state index contributed by atoms with van der Waals surface area (Å²) in [5.74, 6) is -0.836. The van der Waals surface area contributed by atoms with Crippen molar-refractivity contribution < 1.29 is 22.7 Å². The van der Waals surface area contributed by atoms with Gasteiger partial charge in [0.05, 0.1) is 25.0 Å². The average Bonchev–Trinajstić information content (AvgIpc) is 2.70. The monoisotopic (exact) mass is 433 g/mol. The molecule has 0 aliphatic carbocycles. The molecule has 162 valence electrons. The second kappa shape index (κ2) is 10.7. The lowest BCUT2D eigenvalue weighted by molar-refractivity contribution is -0.144. The molecule has 30 heavy (non-hydrogen) atoms. The maximum Gasteiger partial charge on any atom is 0.307 e. The van der Waals surface area contributed by atoms with E-state index < -0.39 is 21.9 Å². The van der Waals surface area contributed by atoms with Crippen molar-refractivity contribution >= 4 is 27.6 Å². The number of sulfonamides is 1. The number of hydrogen-bond donors (Lipinski definition) is 0. The lowest BCUT2D eigenvalue weighted by Gasteiger charge is -2.28. The molecule has 9 heteroatoms. The predicted molar refractivity (Wildman–Crippen MR) is 114 cm³/mol. The SMILES string of the molecule is CCOC(=O)CCN(Cc1cccnc1)C(=O)CN(c1ccccc1C)S(C)(=O)=O. The maximum atomic E-state index is 13.1. The molecule has 1 aromatic carbocycles. The number of rotatable bonds is 10. The van der Waals surface area contributed by atoms with Gasteiger partial charge in [-0.25, -0.2) is 8.42 Å². The second-order valence-corrected chi connectivity index (χ2v) is 8.69. The highest BCUT2D eigenvalue weighted by molar-refractivity contribution is 7.92. The van der Waals surface area contributed by atoms with Crippen molar-refractivity contribution in [3.63, 3.8) is 0 Å². The number of para-hydroxylation sites is 1. The number of anilines is 1. The standard InChI is InChI=1S/C21H27N3O5S/c1-4-29-21(26)11-13-23(15-18-9-7-12-22-14-18)20(25)16-24(30(3,27)28)19-10-6-5-8-17(19)2/h5-10,12,14H,4,11,13,15-16H2,1-3H3.